The highest BCUT2D eigenvalue weighted by molar-refractivity contribution is 5.97. The Morgan fingerprint density at radius 1 is 1.38 bits per heavy atom. The highest BCUT2D eigenvalue weighted by atomic mass is 16.4. The lowest BCUT2D eigenvalue weighted by atomic mass is 10.0. The number of aromatic hydroxyl groups is 1. The molecule has 1 aromatic heterocycles. The summed E-state index contributed by atoms with van der Waals surface area (Å²) >= 11 is 0. The van der Waals surface area contributed by atoms with Crippen LogP contribution in [0.2, 0.25) is 0 Å². The van der Waals surface area contributed by atoms with Crippen LogP contribution in [-0.4, -0.2) is 62.3 Å². The van der Waals surface area contributed by atoms with Crippen molar-refractivity contribution >= 4 is 11.9 Å². The maximum atomic E-state index is 12.4. The normalized spacial score (nSPS) is 24.4. The van der Waals surface area contributed by atoms with Crippen molar-refractivity contribution in [2.75, 3.05) is 19.6 Å². The molecule has 4 N–H and O–H groups in total. The predicted octanol–water partition coefficient (Wildman–Crippen LogP) is -1.83. The van der Waals surface area contributed by atoms with E-state index in [0.29, 0.717) is 19.6 Å². The number of aliphatic hydroxyl groups excluding tert-OH is 1. The van der Waals surface area contributed by atoms with Crippen LogP contribution in [0.4, 0.5) is 0 Å². The van der Waals surface area contributed by atoms with Crippen molar-refractivity contribution in [3.63, 3.8) is 0 Å². The van der Waals surface area contributed by atoms with Crippen LogP contribution >= 0.6 is 0 Å². The average molecular weight is 295 g/mol. The number of aliphatic hydroxyl groups is 1. The van der Waals surface area contributed by atoms with Gasteiger partial charge in [0.2, 0.25) is 5.43 Å². The van der Waals surface area contributed by atoms with Crippen molar-refractivity contribution in [3.05, 3.63) is 27.7 Å². The fourth-order valence-corrected chi connectivity index (χ4v) is 2.76. The first-order valence-electron chi connectivity index (χ1n) is 6.34. The number of nitrogens with zero attached hydrogens (tertiary/aromatic N) is 2. The SMILES string of the molecule is O=C(O)c1cn2c(c(O)c1=O)C(=O)N1CCNCC1C2O. The summed E-state index contributed by atoms with van der Waals surface area (Å²) in [5, 5.41) is 32.2. The monoisotopic (exact) mass is 295 g/mol. The number of fused-ring (bicyclic) bond motifs is 2. The Morgan fingerprint density at radius 3 is 2.76 bits per heavy atom. The number of amides is 1. The summed E-state index contributed by atoms with van der Waals surface area (Å²) in [5.74, 6) is -3.08. The smallest absolute Gasteiger partial charge is 0.341 e. The van der Waals surface area contributed by atoms with Crippen LogP contribution in [0.5, 0.6) is 5.75 Å². The number of carbonyl (C=O) groups is 2. The lowest BCUT2D eigenvalue weighted by molar-refractivity contribution is -0.0229. The van der Waals surface area contributed by atoms with Crippen LogP contribution in [-0.2, 0) is 0 Å². The fourth-order valence-electron chi connectivity index (χ4n) is 2.76. The summed E-state index contributed by atoms with van der Waals surface area (Å²) in [6.07, 6.45) is -0.344. The van der Waals surface area contributed by atoms with E-state index in [4.69, 9.17) is 5.11 Å². The van der Waals surface area contributed by atoms with E-state index in [-0.39, 0.29) is 5.69 Å². The van der Waals surface area contributed by atoms with Gasteiger partial charge < -0.3 is 30.1 Å². The molecule has 0 radical (unpaired) electrons. The zero-order chi connectivity index (χ0) is 15.3. The van der Waals surface area contributed by atoms with Crippen molar-refractivity contribution in [1.82, 2.24) is 14.8 Å². The van der Waals surface area contributed by atoms with Gasteiger partial charge in [0.25, 0.3) is 5.91 Å². The van der Waals surface area contributed by atoms with Gasteiger partial charge in [0, 0.05) is 25.8 Å². The van der Waals surface area contributed by atoms with E-state index in [1.165, 1.54) is 4.90 Å². The molecule has 2 unspecified atom stereocenters. The molecule has 2 aliphatic heterocycles. The minimum Gasteiger partial charge on any atom is -0.503 e. The third-order valence-electron chi connectivity index (χ3n) is 3.82. The molecule has 112 valence electrons. The Balaban J connectivity index is 2.24. The minimum absolute atomic E-state index is 0.328. The second-order valence-corrected chi connectivity index (χ2v) is 4.97. The van der Waals surface area contributed by atoms with Gasteiger partial charge in [0.1, 0.15) is 5.56 Å². The topological polar surface area (TPSA) is 132 Å². The molecule has 2 aliphatic rings. The Bertz CT molecular complexity index is 697. The maximum absolute atomic E-state index is 12.4. The zero-order valence-electron chi connectivity index (χ0n) is 10.8. The number of aromatic nitrogens is 1. The second-order valence-electron chi connectivity index (χ2n) is 4.97. The van der Waals surface area contributed by atoms with Crippen molar-refractivity contribution in [3.8, 4) is 5.75 Å². The number of piperazine rings is 1. The van der Waals surface area contributed by atoms with E-state index < -0.39 is 40.9 Å². The summed E-state index contributed by atoms with van der Waals surface area (Å²) in [4.78, 5) is 36.5. The molecule has 0 aromatic carbocycles. The highest BCUT2D eigenvalue weighted by Crippen LogP contribution is 2.29. The predicted molar refractivity (Wildman–Crippen MR) is 68.3 cm³/mol. The minimum atomic E-state index is -1.53. The summed E-state index contributed by atoms with van der Waals surface area (Å²) in [6.45, 7) is 1.20. The van der Waals surface area contributed by atoms with Gasteiger partial charge in [0.15, 0.2) is 17.7 Å². The Hall–Kier alpha value is -2.39. The van der Waals surface area contributed by atoms with E-state index in [9.17, 15) is 24.6 Å². The van der Waals surface area contributed by atoms with Crippen LogP contribution in [0.1, 0.15) is 27.1 Å². The maximum Gasteiger partial charge on any atom is 0.341 e. The quantitative estimate of drug-likeness (QED) is 0.479. The Kier molecular flexibility index (Phi) is 2.96. The van der Waals surface area contributed by atoms with Gasteiger partial charge in [-0.05, 0) is 0 Å². The molecule has 0 aliphatic carbocycles. The van der Waals surface area contributed by atoms with Crippen LogP contribution in [0.25, 0.3) is 0 Å². The first-order valence-corrected chi connectivity index (χ1v) is 6.34. The van der Waals surface area contributed by atoms with Gasteiger partial charge >= 0.3 is 5.97 Å². The number of hydrogen-bond acceptors (Lipinski definition) is 6. The number of aromatic carboxylic acids is 1. The molecule has 0 bridgehead atoms. The number of carboxylic acids is 1. The largest absolute Gasteiger partial charge is 0.503 e. The number of carboxylic acid groups (broad SMARTS) is 1. The molecule has 9 nitrogen and oxygen atoms in total. The molecule has 2 atom stereocenters. The Morgan fingerprint density at radius 2 is 2.10 bits per heavy atom. The first kappa shape index (κ1) is 13.6. The molecule has 1 fully saturated rings. The summed E-state index contributed by atoms with van der Waals surface area (Å²) in [7, 11) is 0. The number of carbonyl (C=O) groups excluding carboxylic acids is 1. The lowest BCUT2D eigenvalue weighted by Crippen LogP contribution is -2.60. The van der Waals surface area contributed by atoms with Gasteiger partial charge in [-0.1, -0.05) is 0 Å². The standard InChI is InChI=1S/C12H13N3O6/c16-8-5(12(20)21)4-15-7(9(8)17)11(19)14-2-1-13-3-6(14)10(15)18/h4,6,10,13,17-18H,1-3H2,(H,20,21). The van der Waals surface area contributed by atoms with E-state index in [2.05, 4.69) is 5.32 Å². The molecule has 9 heteroatoms. The molecule has 21 heavy (non-hydrogen) atoms. The van der Waals surface area contributed by atoms with E-state index in [0.717, 1.165) is 10.8 Å². The van der Waals surface area contributed by atoms with Crippen molar-refractivity contribution in [2.45, 2.75) is 12.3 Å². The molecule has 0 spiro atoms. The number of rotatable bonds is 1. The molecular formula is C12H13N3O6. The van der Waals surface area contributed by atoms with E-state index >= 15 is 0 Å². The second kappa shape index (κ2) is 4.57. The van der Waals surface area contributed by atoms with Crippen LogP contribution in [0, 0.1) is 0 Å². The molecule has 3 rings (SSSR count). The molecule has 1 saturated heterocycles. The van der Waals surface area contributed by atoms with Gasteiger partial charge in [-0.25, -0.2) is 4.79 Å². The average Bonchev–Trinajstić information content (AvgIpc) is 2.47. The van der Waals surface area contributed by atoms with Gasteiger partial charge in [0.05, 0.1) is 6.04 Å². The van der Waals surface area contributed by atoms with Crippen molar-refractivity contribution in [2.24, 2.45) is 0 Å². The summed E-state index contributed by atoms with van der Waals surface area (Å²) in [6, 6.07) is -0.581. The molecule has 1 aromatic rings. The fraction of sp³-hybridized carbons (Fsp3) is 0.417. The number of pyridine rings is 1. The number of hydrogen-bond donors (Lipinski definition) is 4. The van der Waals surface area contributed by atoms with Crippen LogP contribution < -0.4 is 10.7 Å². The number of nitrogens with one attached hydrogen (secondary N) is 1. The lowest BCUT2D eigenvalue weighted by Gasteiger charge is -2.43. The Labute approximate surface area is 118 Å². The van der Waals surface area contributed by atoms with Gasteiger partial charge in [-0.2, -0.15) is 0 Å². The van der Waals surface area contributed by atoms with Gasteiger partial charge in [-0.15, -0.1) is 0 Å². The van der Waals surface area contributed by atoms with Gasteiger partial charge in [-0.3, -0.25) is 9.59 Å². The van der Waals surface area contributed by atoms with Crippen LogP contribution in [0.15, 0.2) is 11.0 Å². The summed E-state index contributed by atoms with van der Waals surface area (Å²) < 4.78 is 0.955. The highest BCUT2D eigenvalue weighted by Gasteiger charge is 2.42. The zero-order valence-corrected chi connectivity index (χ0v) is 10.8. The van der Waals surface area contributed by atoms with E-state index in [1.807, 2.05) is 0 Å². The molecule has 0 saturated carbocycles. The molecule has 3 heterocycles. The third-order valence-corrected chi connectivity index (χ3v) is 3.82. The molecule has 1 amide bonds. The summed E-state index contributed by atoms with van der Waals surface area (Å²) in [5.41, 5.74) is -2.21. The van der Waals surface area contributed by atoms with Crippen molar-refractivity contribution in [1.29, 1.82) is 0 Å². The molecular weight excluding hydrogens is 282 g/mol. The first-order chi connectivity index (χ1) is 9.93. The van der Waals surface area contributed by atoms with E-state index in [1.54, 1.807) is 0 Å². The van der Waals surface area contributed by atoms with Crippen LogP contribution in [0.3, 0.4) is 0 Å². The van der Waals surface area contributed by atoms with Crippen molar-refractivity contribution < 1.29 is 24.9 Å². The third kappa shape index (κ3) is 1.82.